The largest absolute Gasteiger partial charge is 0.313 e. The van der Waals surface area contributed by atoms with Gasteiger partial charge in [0.1, 0.15) is 6.29 Å². The van der Waals surface area contributed by atoms with Crippen molar-refractivity contribution in [3.63, 3.8) is 0 Å². The van der Waals surface area contributed by atoms with Crippen molar-refractivity contribution >= 4 is 6.29 Å². The summed E-state index contributed by atoms with van der Waals surface area (Å²) in [5, 5.41) is 3.20. The van der Waals surface area contributed by atoms with Crippen LogP contribution in [-0.4, -0.2) is 42.9 Å². The van der Waals surface area contributed by atoms with E-state index in [1.807, 2.05) is 0 Å². The molecule has 0 bridgehead atoms. The molecule has 0 aromatic rings. The lowest BCUT2D eigenvalue weighted by molar-refractivity contribution is -0.113. The van der Waals surface area contributed by atoms with Gasteiger partial charge in [0.2, 0.25) is 0 Å². The maximum atomic E-state index is 10.6. The monoisotopic (exact) mass is 156 g/mol. The van der Waals surface area contributed by atoms with Gasteiger partial charge < -0.3 is 10.1 Å². The van der Waals surface area contributed by atoms with Crippen LogP contribution in [0.5, 0.6) is 0 Å². The third-order valence-corrected chi connectivity index (χ3v) is 2.15. The molecule has 0 amide bonds. The third kappa shape index (κ3) is 2.01. The van der Waals surface area contributed by atoms with E-state index < -0.39 is 0 Å². The zero-order valence-corrected chi connectivity index (χ0v) is 7.21. The lowest BCUT2D eigenvalue weighted by Crippen LogP contribution is -2.54. The quantitative estimate of drug-likeness (QED) is 0.565. The second kappa shape index (κ2) is 3.83. The molecule has 3 heteroatoms. The molecular weight excluding hydrogens is 140 g/mol. The van der Waals surface area contributed by atoms with Crippen molar-refractivity contribution in [1.82, 2.24) is 10.2 Å². The van der Waals surface area contributed by atoms with E-state index in [0.29, 0.717) is 6.04 Å². The number of rotatable bonds is 2. The lowest BCUT2D eigenvalue weighted by atomic mass is 10.1. The van der Waals surface area contributed by atoms with Gasteiger partial charge in [-0.05, 0) is 13.8 Å². The average Bonchev–Trinajstić information content (AvgIpc) is 2.04. The van der Waals surface area contributed by atoms with Crippen LogP contribution in [0.15, 0.2) is 0 Å². The SMILES string of the molecule is CC(C)N1CCNCC1C=O. The minimum absolute atomic E-state index is 0.0868. The van der Waals surface area contributed by atoms with E-state index in [4.69, 9.17) is 0 Å². The maximum absolute atomic E-state index is 10.6. The Morgan fingerprint density at radius 2 is 2.36 bits per heavy atom. The Bertz CT molecular complexity index is 136. The van der Waals surface area contributed by atoms with Gasteiger partial charge in [-0.3, -0.25) is 4.90 Å². The highest BCUT2D eigenvalue weighted by Gasteiger charge is 2.22. The third-order valence-electron chi connectivity index (χ3n) is 2.15. The Morgan fingerprint density at radius 3 is 2.82 bits per heavy atom. The fourth-order valence-corrected chi connectivity index (χ4v) is 1.51. The van der Waals surface area contributed by atoms with E-state index in [1.165, 1.54) is 0 Å². The van der Waals surface area contributed by atoms with Crippen LogP contribution >= 0.6 is 0 Å². The topological polar surface area (TPSA) is 32.3 Å². The molecule has 0 saturated carbocycles. The first-order valence-electron chi connectivity index (χ1n) is 4.17. The number of nitrogens with one attached hydrogen (secondary N) is 1. The van der Waals surface area contributed by atoms with Crippen molar-refractivity contribution in [1.29, 1.82) is 0 Å². The van der Waals surface area contributed by atoms with Crippen LogP contribution < -0.4 is 5.32 Å². The van der Waals surface area contributed by atoms with Crippen LogP contribution in [0.4, 0.5) is 0 Å². The molecule has 11 heavy (non-hydrogen) atoms. The second-order valence-corrected chi connectivity index (χ2v) is 3.24. The molecule has 0 aromatic heterocycles. The summed E-state index contributed by atoms with van der Waals surface area (Å²) < 4.78 is 0. The zero-order valence-electron chi connectivity index (χ0n) is 7.21. The van der Waals surface area contributed by atoms with Gasteiger partial charge in [-0.2, -0.15) is 0 Å². The van der Waals surface area contributed by atoms with Crippen LogP contribution in [0.3, 0.4) is 0 Å². The second-order valence-electron chi connectivity index (χ2n) is 3.24. The molecule has 0 aromatic carbocycles. The summed E-state index contributed by atoms with van der Waals surface area (Å²) in [7, 11) is 0. The molecule has 1 unspecified atom stereocenters. The highest BCUT2D eigenvalue weighted by atomic mass is 16.1. The summed E-state index contributed by atoms with van der Waals surface area (Å²) in [6.45, 7) is 7.05. The molecule has 1 saturated heterocycles. The zero-order chi connectivity index (χ0) is 8.27. The molecule has 1 fully saturated rings. The van der Waals surface area contributed by atoms with Gasteiger partial charge in [0, 0.05) is 25.7 Å². The van der Waals surface area contributed by atoms with Gasteiger partial charge >= 0.3 is 0 Å². The molecule has 1 aliphatic heterocycles. The molecule has 1 rings (SSSR count). The number of aldehydes is 1. The normalized spacial score (nSPS) is 27.4. The molecule has 1 heterocycles. The summed E-state index contributed by atoms with van der Waals surface area (Å²) in [6, 6.07) is 0.566. The molecule has 1 aliphatic rings. The van der Waals surface area contributed by atoms with Crippen LogP contribution in [-0.2, 0) is 4.79 Å². The highest BCUT2D eigenvalue weighted by molar-refractivity contribution is 5.58. The van der Waals surface area contributed by atoms with E-state index >= 15 is 0 Å². The minimum Gasteiger partial charge on any atom is -0.313 e. The smallest absolute Gasteiger partial charge is 0.138 e. The van der Waals surface area contributed by atoms with Crippen LogP contribution in [0.2, 0.25) is 0 Å². The van der Waals surface area contributed by atoms with Gasteiger partial charge in [0.05, 0.1) is 6.04 Å². The van der Waals surface area contributed by atoms with E-state index in [1.54, 1.807) is 0 Å². The fourth-order valence-electron chi connectivity index (χ4n) is 1.51. The fraction of sp³-hybridized carbons (Fsp3) is 0.875. The number of hydrogen-bond acceptors (Lipinski definition) is 3. The van der Waals surface area contributed by atoms with Gasteiger partial charge in [-0.1, -0.05) is 0 Å². The Morgan fingerprint density at radius 1 is 1.64 bits per heavy atom. The summed E-state index contributed by atoms with van der Waals surface area (Å²) in [4.78, 5) is 12.8. The van der Waals surface area contributed by atoms with Crippen LogP contribution in [0.25, 0.3) is 0 Å². The first kappa shape index (κ1) is 8.68. The number of carbonyl (C=O) groups excluding carboxylic acids is 1. The Labute approximate surface area is 67.8 Å². The van der Waals surface area contributed by atoms with Crippen molar-refractivity contribution < 1.29 is 4.79 Å². The minimum atomic E-state index is 0.0868. The van der Waals surface area contributed by atoms with E-state index in [-0.39, 0.29) is 6.04 Å². The Balaban J connectivity index is 2.51. The highest BCUT2D eigenvalue weighted by Crippen LogP contribution is 2.05. The van der Waals surface area contributed by atoms with Crippen molar-refractivity contribution in [3.05, 3.63) is 0 Å². The molecular formula is C8H16N2O. The van der Waals surface area contributed by atoms with Crippen LogP contribution in [0, 0.1) is 0 Å². The standard InChI is InChI=1S/C8H16N2O/c1-7(2)10-4-3-9-5-8(10)6-11/h6-9H,3-5H2,1-2H3. The van der Waals surface area contributed by atoms with Crippen molar-refractivity contribution in [2.24, 2.45) is 0 Å². The summed E-state index contributed by atoms with van der Waals surface area (Å²) >= 11 is 0. The summed E-state index contributed by atoms with van der Waals surface area (Å²) in [5.74, 6) is 0. The van der Waals surface area contributed by atoms with Crippen molar-refractivity contribution in [3.8, 4) is 0 Å². The average molecular weight is 156 g/mol. The molecule has 1 atom stereocenters. The number of hydrogen-bond donors (Lipinski definition) is 1. The van der Waals surface area contributed by atoms with Gasteiger partial charge in [0.15, 0.2) is 0 Å². The number of piperazine rings is 1. The number of carbonyl (C=O) groups is 1. The van der Waals surface area contributed by atoms with E-state index in [2.05, 4.69) is 24.1 Å². The van der Waals surface area contributed by atoms with E-state index in [9.17, 15) is 4.79 Å². The van der Waals surface area contributed by atoms with Gasteiger partial charge in [-0.15, -0.1) is 0 Å². The Kier molecular flexibility index (Phi) is 3.02. The molecule has 0 spiro atoms. The first-order chi connectivity index (χ1) is 5.25. The van der Waals surface area contributed by atoms with Crippen LogP contribution in [0.1, 0.15) is 13.8 Å². The molecule has 1 N–H and O–H groups in total. The summed E-state index contributed by atoms with van der Waals surface area (Å²) in [6.07, 6.45) is 1.03. The van der Waals surface area contributed by atoms with Gasteiger partial charge in [-0.25, -0.2) is 0 Å². The predicted molar refractivity (Wildman–Crippen MR) is 44.6 cm³/mol. The summed E-state index contributed by atoms with van der Waals surface area (Å²) in [5.41, 5.74) is 0. The molecule has 0 radical (unpaired) electrons. The first-order valence-corrected chi connectivity index (χ1v) is 4.17. The number of nitrogens with zero attached hydrogens (tertiary/aromatic N) is 1. The maximum Gasteiger partial charge on any atom is 0.138 e. The van der Waals surface area contributed by atoms with Crippen molar-refractivity contribution in [2.45, 2.75) is 25.9 Å². The Hall–Kier alpha value is -0.410. The molecule has 0 aliphatic carbocycles. The van der Waals surface area contributed by atoms with Gasteiger partial charge in [0.25, 0.3) is 0 Å². The molecule has 3 nitrogen and oxygen atoms in total. The lowest BCUT2D eigenvalue weighted by Gasteiger charge is -2.35. The van der Waals surface area contributed by atoms with Crippen molar-refractivity contribution in [2.75, 3.05) is 19.6 Å². The molecule has 64 valence electrons. The van der Waals surface area contributed by atoms with E-state index in [0.717, 1.165) is 25.9 Å². The predicted octanol–water partition coefficient (Wildman–Crippen LogP) is -0.132.